The highest BCUT2D eigenvalue weighted by Crippen LogP contribution is 2.29. The molecule has 1 unspecified atom stereocenters. The minimum absolute atomic E-state index is 0.204. The molecule has 1 fully saturated rings. The number of hydrogen-bond acceptors (Lipinski definition) is 3. The second-order valence-electron chi connectivity index (χ2n) is 5.74. The fourth-order valence-corrected chi connectivity index (χ4v) is 3.34. The Bertz CT molecular complexity index is 464. The van der Waals surface area contributed by atoms with E-state index >= 15 is 0 Å². The van der Waals surface area contributed by atoms with Gasteiger partial charge in [-0.1, -0.05) is 32.3 Å². The Morgan fingerprint density at radius 2 is 2.10 bits per heavy atom. The van der Waals surface area contributed by atoms with Crippen molar-refractivity contribution in [3.05, 3.63) is 23.9 Å². The van der Waals surface area contributed by atoms with Gasteiger partial charge in [0.15, 0.2) is 0 Å². The van der Waals surface area contributed by atoms with E-state index in [0.717, 1.165) is 25.7 Å². The minimum Gasteiger partial charge on any atom is -0.478 e. The first kappa shape index (κ1) is 15.6. The zero-order valence-electron chi connectivity index (χ0n) is 12.6. The summed E-state index contributed by atoms with van der Waals surface area (Å²) in [7, 11) is 0. The maximum Gasteiger partial charge on any atom is 0.336 e. The molecule has 1 atom stereocenters. The van der Waals surface area contributed by atoms with Crippen LogP contribution in [0.4, 0.5) is 0 Å². The van der Waals surface area contributed by atoms with Crippen molar-refractivity contribution in [1.29, 1.82) is 0 Å². The van der Waals surface area contributed by atoms with Crippen LogP contribution in [0.25, 0.3) is 0 Å². The van der Waals surface area contributed by atoms with Crippen molar-refractivity contribution in [2.75, 3.05) is 6.54 Å². The van der Waals surface area contributed by atoms with Gasteiger partial charge >= 0.3 is 5.97 Å². The van der Waals surface area contributed by atoms with Crippen molar-refractivity contribution in [2.24, 2.45) is 0 Å². The average molecular weight is 292 g/mol. The van der Waals surface area contributed by atoms with Crippen molar-refractivity contribution >= 4 is 11.9 Å². The first-order chi connectivity index (χ1) is 10.1. The molecule has 0 saturated heterocycles. The molecule has 1 aliphatic heterocycles. The maximum absolute atomic E-state index is 12.5. The van der Waals surface area contributed by atoms with Crippen LogP contribution in [0.3, 0.4) is 0 Å². The molecule has 2 rings (SSSR count). The summed E-state index contributed by atoms with van der Waals surface area (Å²) < 4.78 is 0. The van der Waals surface area contributed by atoms with Crippen LogP contribution < -0.4 is 5.32 Å². The molecule has 2 aliphatic rings. The number of carbonyl (C=O) groups excluding carboxylic acids is 1. The van der Waals surface area contributed by atoms with Gasteiger partial charge in [0.1, 0.15) is 5.70 Å². The molecule has 5 heteroatoms. The van der Waals surface area contributed by atoms with Gasteiger partial charge in [0.2, 0.25) is 0 Å². The first-order valence-electron chi connectivity index (χ1n) is 7.76. The Morgan fingerprint density at radius 1 is 1.43 bits per heavy atom. The number of carboxylic acid groups (broad SMARTS) is 1. The molecule has 1 amide bonds. The summed E-state index contributed by atoms with van der Waals surface area (Å²) >= 11 is 0. The molecule has 1 aliphatic carbocycles. The number of hydrogen-bond donors (Lipinski definition) is 2. The van der Waals surface area contributed by atoms with Gasteiger partial charge in [-0.25, -0.2) is 4.79 Å². The molecular formula is C16H24N2O3. The number of carbonyl (C=O) groups is 2. The van der Waals surface area contributed by atoms with E-state index in [1.165, 1.54) is 6.42 Å². The van der Waals surface area contributed by atoms with Gasteiger partial charge in [0.25, 0.3) is 5.91 Å². The van der Waals surface area contributed by atoms with E-state index in [-0.39, 0.29) is 23.6 Å². The number of aliphatic carboxylic acids is 1. The van der Waals surface area contributed by atoms with E-state index in [9.17, 15) is 14.7 Å². The van der Waals surface area contributed by atoms with Crippen molar-refractivity contribution in [3.63, 3.8) is 0 Å². The van der Waals surface area contributed by atoms with E-state index in [1.807, 2.05) is 6.92 Å². The lowest BCUT2D eigenvalue weighted by Crippen LogP contribution is -2.38. The van der Waals surface area contributed by atoms with Crippen LogP contribution in [0.5, 0.6) is 0 Å². The fraction of sp³-hybridized carbons (Fsp3) is 0.625. The van der Waals surface area contributed by atoms with Crippen molar-refractivity contribution in [3.8, 4) is 0 Å². The van der Waals surface area contributed by atoms with Crippen LogP contribution in [-0.4, -0.2) is 40.5 Å². The smallest absolute Gasteiger partial charge is 0.336 e. The Balaban J connectivity index is 2.27. The Kier molecular flexibility index (Phi) is 5.04. The molecule has 0 aromatic carbocycles. The molecule has 21 heavy (non-hydrogen) atoms. The van der Waals surface area contributed by atoms with Gasteiger partial charge < -0.3 is 15.3 Å². The molecule has 0 bridgehead atoms. The molecule has 0 aromatic heterocycles. The molecule has 1 heterocycles. The molecular weight excluding hydrogens is 268 g/mol. The third-order valence-corrected chi connectivity index (χ3v) is 4.35. The van der Waals surface area contributed by atoms with Crippen LogP contribution in [0.15, 0.2) is 23.9 Å². The lowest BCUT2D eigenvalue weighted by molar-refractivity contribution is -0.133. The van der Waals surface area contributed by atoms with Gasteiger partial charge in [-0.2, -0.15) is 0 Å². The molecule has 0 radical (unpaired) electrons. The summed E-state index contributed by atoms with van der Waals surface area (Å²) in [5, 5.41) is 12.7. The Morgan fingerprint density at radius 3 is 2.62 bits per heavy atom. The van der Waals surface area contributed by atoms with Crippen LogP contribution in [0.1, 0.15) is 45.4 Å². The zero-order valence-corrected chi connectivity index (χ0v) is 12.6. The highest BCUT2D eigenvalue weighted by Gasteiger charge is 2.41. The Labute approximate surface area is 125 Å². The number of amides is 1. The third kappa shape index (κ3) is 3.12. The monoisotopic (exact) mass is 292 g/mol. The highest BCUT2D eigenvalue weighted by molar-refractivity contribution is 6.06. The van der Waals surface area contributed by atoms with Gasteiger partial charge in [0.05, 0.1) is 11.6 Å². The second kappa shape index (κ2) is 6.78. The SMILES string of the molecule is C=CCN1C(=O)C(NC2CCCCC2)=C(C(=O)O)C1CC. The van der Waals surface area contributed by atoms with Crippen LogP contribution in [0.2, 0.25) is 0 Å². The summed E-state index contributed by atoms with van der Waals surface area (Å²) in [6.07, 6.45) is 7.73. The molecule has 116 valence electrons. The van der Waals surface area contributed by atoms with Gasteiger partial charge in [-0.15, -0.1) is 6.58 Å². The summed E-state index contributed by atoms with van der Waals surface area (Å²) in [5.74, 6) is -1.20. The molecule has 2 N–H and O–H groups in total. The molecule has 1 saturated carbocycles. The largest absolute Gasteiger partial charge is 0.478 e. The highest BCUT2D eigenvalue weighted by atomic mass is 16.4. The number of nitrogens with zero attached hydrogens (tertiary/aromatic N) is 1. The standard InChI is InChI=1S/C16H24N2O3/c1-3-10-18-12(4-2)13(16(20)21)14(15(18)19)17-11-8-6-5-7-9-11/h3,11-12,17H,1,4-10H2,2H3,(H,20,21). The van der Waals surface area contributed by atoms with Gasteiger partial charge in [0, 0.05) is 12.6 Å². The quantitative estimate of drug-likeness (QED) is 0.735. The molecule has 0 aromatic rings. The van der Waals surface area contributed by atoms with E-state index in [4.69, 9.17) is 0 Å². The average Bonchev–Trinajstić information content (AvgIpc) is 2.74. The van der Waals surface area contributed by atoms with E-state index < -0.39 is 5.97 Å². The van der Waals surface area contributed by atoms with E-state index in [2.05, 4.69) is 11.9 Å². The van der Waals surface area contributed by atoms with Gasteiger partial charge in [-0.05, 0) is 19.3 Å². The van der Waals surface area contributed by atoms with Crippen molar-refractivity contribution in [2.45, 2.75) is 57.5 Å². The zero-order chi connectivity index (χ0) is 15.4. The lowest BCUT2D eigenvalue weighted by Gasteiger charge is -2.25. The molecule has 5 nitrogen and oxygen atoms in total. The van der Waals surface area contributed by atoms with Crippen LogP contribution in [-0.2, 0) is 9.59 Å². The summed E-state index contributed by atoms with van der Waals surface area (Å²) in [6.45, 7) is 5.94. The predicted octanol–water partition coefficient (Wildman–Crippen LogP) is 2.05. The third-order valence-electron chi connectivity index (χ3n) is 4.35. The predicted molar refractivity (Wildman–Crippen MR) is 80.7 cm³/mol. The van der Waals surface area contributed by atoms with E-state index in [0.29, 0.717) is 18.7 Å². The summed E-state index contributed by atoms with van der Waals surface area (Å²) in [5.41, 5.74) is 0.512. The maximum atomic E-state index is 12.5. The Hall–Kier alpha value is -1.78. The van der Waals surface area contributed by atoms with Crippen molar-refractivity contribution in [1.82, 2.24) is 10.2 Å². The second-order valence-corrected chi connectivity index (χ2v) is 5.74. The topological polar surface area (TPSA) is 69.6 Å². The van der Waals surface area contributed by atoms with Crippen molar-refractivity contribution < 1.29 is 14.7 Å². The van der Waals surface area contributed by atoms with Crippen LogP contribution in [0, 0.1) is 0 Å². The first-order valence-corrected chi connectivity index (χ1v) is 7.76. The summed E-state index contributed by atoms with van der Waals surface area (Å²) in [6, 6.07) is -0.146. The number of nitrogens with one attached hydrogen (secondary N) is 1. The number of carboxylic acids is 1. The fourth-order valence-electron chi connectivity index (χ4n) is 3.34. The van der Waals surface area contributed by atoms with Gasteiger partial charge in [-0.3, -0.25) is 4.79 Å². The normalized spacial score (nSPS) is 23.6. The van der Waals surface area contributed by atoms with E-state index in [1.54, 1.807) is 11.0 Å². The van der Waals surface area contributed by atoms with Crippen LogP contribution >= 0.6 is 0 Å². The summed E-state index contributed by atoms with van der Waals surface area (Å²) in [4.78, 5) is 25.8. The minimum atomic E-state index is -1.000. The molecule has 0 spiro atoms. The lowest BCUT2D eigenvalue weighted by atomic mass is 9.95. The number of rotatable bonds is 6.